The topological polar surface area (TPSA) is 71.9 Å². The fourth-order valence-electron chi connectivity index (χ4n) is 1.84. The third-order valence-electron chi connectivity index (χ3n) is 2.88. The van der Waals surface area contributed by atoms with Gasteiger partial charge in [-0.15, -0.1) is 0 Å². The van der Waals surface area contributed by atoms with Crippen molar-refractivity contribution in [1.29, 1.82) is 0 Å². The number of hydrogen-bond donors (Lipinski definition) is 1. The normalized spacial score (nSPS) is 12.6. The molecule has 0 saturated carbocycles. The summed E-state index contributed by atoms with van der Waals surface area (Å²) in [5.41, 5.74) is -6.01. The van der Waals surface area contributed by atoms with E-state index in [0.717, 1.165) is 17.2 Å². The molecule has 0 atom stereocenters. The van der Waals surface area contributed by atoms with Crippen LogP contribution in [0.15, 0.2) is 34.0 Å². The van der Waals surface area contributed by atoms with Crippen molar-refractivity contribution < 1.29 is 21.6 Å². The van der Waals surface area contributed by atoms with Crippen molar-refractivity contribution in [2.75, 3.05) is 0 Å². The van der Waals surface area contributed by atoms with E-state index in [4.69, 9.17) is 0 Å². The molecule has 0 spiro atoms. The predicted molar refractivity (Wildman–Crippen MR) is 69.1 cm³/mol. The second-order valence-electron chi connectivity index (χ2n) is 4.49. The molecule has 0 radical (unpaired) electrons. The summed E-state index contributed by atoms with van der Waals surface area (Å²) in [6, 6.07) is 6.29. The standard InChI is InChI=1S/C12H11F3N2O3S/c1-7-3-5-9(6-4-7)17-11(18)10(8(2)16-17)21(19,20)12(13,14)15/h3-6,16H,1-2H3. The highest BCUT2D eigenvalue weighted by molar-refractivity contribution is 7.92. The van der Waals surface area contributed by atoms with Crippen LogP contribution in [0.3, 0.4) is 0 Å². The Hall–Kier alpha value is -2.03. The first-order chi connectivity index (χ1) is 9.55. The molecule has 9 heteroatoms. The summed E-state index contributed by atoms with van der Waals surface area (Å²) in [6.07, 6.45) is 0. The van der Waals surface area contributed by atoms with Crippen LogP contribution in [0.2, 0.25) is 0 Å². The SMILES string of the molecule is Cc1ccc(-n2[nH]c(C)c(S(=O)(=O)C(F)(F)F)c2=O)cc1. The number of nitrogens with one attached hydrogen (secondary N) is 1. The first kappa shape index (κ1) is 15.4. The maximum absolute atomic E-state index is 12.6. The number of hydrogen-bond acceptors (Lipinski definition) is 3. The monoisotopic (exact) mass is 320 g/mol. The van der Waals surface area contributed by atoms with Gasteiger partial charge in [0.05, 0.1) is 11.4 Å². The summed E-state index contributed by atoms with van der Waals surface area (Å²) in [5, 5.41) is 2.35. The first-order valence-corrected chi connectivity index (χ1v) is 7.24. The van der Waals surface area contributed by atoms with E-state index in [0.29, 0.717) is 0 Å². The molecule has 1 heterocycles. The molecule has 114 valence electrons. The lowest BCUT2D eigenvalue weighted by atomic mass is 10.2. The highest BCUT2D eigenvalue weighted by atomic mass is 32.2. The molecule has 2 rings (SSSR count). The molecular formula is C12H11F3N2O3S. The van der Waals surface area contributed by atoms with Crippen LogP contribution in [0.1, 0.15) is 11.3 Å². The van der Waals surface area contributed by atoms with E-state index in [-0.39, 0.29) is 11.4 Å². The minimum absolute atomic E-state index is 0.248. The van der Waals surface area contributed by atoms with E-state index >= 15 is 0 Å². The summed E-state index contributed by atoms with van der Waals surface area (Å²) in [6.45, 7) is 2.90. The van der Waals surface area contributed by atoms with Gasteiger partial charge in [-0.2, -0.15) is 13.2 Å². The quantitative estimate of drug-likeness (QED) is 0.921. The summed E-state index contributed by atoms with van der Waals surface area (Å²) in [4.78, 5) is 10.7. The molecule has 0 fully saturated rings. The van der Waals surface area contributed by atoms with Crippen molar-refractivity contribution >= 4 is 9.84 Å². The molecule has 1 N–H and O–H groups in total. The van der Waals surface area contributed by atoms with E-state index in [1.165, 1.54) is 12.1 Å². The Morgan fingerprint density at radius 3 is 2.10 bits per heavy atom. The number of aryl methyl sites for hydroxylation is 2. The van der Waals surface area contributed by atoms with Gasteiger partial charge in [0, 0.05) is 0 Å². The Balaban J connectivity index is 2.70. The van der Waals surface area contributed by atoms with Crippen molar-refractivity contribution in [3.63, 3.8) is 0 Å². The lowest BCUT2D eigenvalue weighted by molar-refractivity contribution is -0.0436. The molecule has 2 aromatic rings. The fourth-order valence-corrected chi connectivity index (χ4v) is 2.84. The number of alkyl halides is 3. The zero-order chi connectivity index (χ0) is 16.0. The Bertz CT molecular complexity index is 830. The predicted octanol–water partition coefficient (Wildman–Crippen LogP) is 2.08. The van der Waals surface area contributed by atoms with Gasteiger partial charge in [-0.05, 0) is 26.0 Å². The van der Waals surface area contributed by atoms with E-state index in [9.17, 15) is 26.4 Å². The number of nitrogens with zero attached hydrogens (tertiary/aromatic N) is 1. The van der Waals surface area contributed by atoms with E-state index in [2.05, 4.69) is 5.10 Å². The van der Waals surface area contributed by atoms with E-state index < -0.39 is 25.8 Å². The highest BCUT2D eigenvalue weighted by Crippen LogP contribution is 2.30. The van der Waals surface area contributed by atoms with E-state index in [1.54, 1.807) is 19.1 Å². The summed E-state index contributed by atoms with van der Waals surface area (Å²) >= 11 is 0. The average Bonchev–Trinajstić information content (AvgIpc) is 2.64. The van der Waals surface area contributed by atoms with E-state index in [1.807, 2.05) is 0 Å². The Morgan fingerprint density at radius 1 is 1.10 bits per heavy atom. The number of benzene rings is 1. The van der Waals surface area contributed by atoms with Crippen molar-refractivity contribution in [2.24, 2.45) is 0 Å². The second kappa shape index (κ2) is 4.76. The van der Waals surface area contributed by atoms with Crippen LogP contribution < -0.4 is 5.56 Å². The minimum Gasteiger partial charge on any atom is -0.294 e. The third-order valence-corrected chi connectivity index (χ3v) is 4.51. The maximum atomic E-state index is 12.6. The Morgan fingerprint density at radius 2 is 1.62 bits per heavy atom. The molecule has 1 aromatic heterocycles. The van der Waals surface area contributed by atoms with Crippen LogP contribution in [0, 0.1) is 13.8 Å². The van der Waals surface area contributed by atoms with Crippen molar-refractivity contribution in [1.82, 2.24) is 9.78 Å². The molecule has 0 aliphatic heterocycles. The zero-order valence-corrected chi connectivity index (χ0v) is 11.8. The van der Waals surface area contributed by atoms with Crippen LogP contribution in [0.25, 0.3) is 5.69 Å². The molecule has 0 aliphatic rings. The molecule has 0 bridgehead atoms. The van der Waals surface area contributed by atoms with Crippen LogP contribution in [-0.4, -0.2) is 23.7 Å². The van der Waals surface area contributed by atoms with Crippen molar-refractivity contribution in [3.05, 3.63) is 45.9 Å². The molecule has 1 aromatic carbocycles. The summed E-state index contributed by atoms with van der Waals surface area (Å²) < 4.78 is 61.4. The molecule has 0 aliphatic carbocycles. The Kier molecular flexibility index (Phi) is 3.48. The first-order valence-electron chi connectivity index (χ1n) is 5.75. The van der Waals surface area contributed by atoms with Crippen LogP contribution in [0.4, 0.5) is 13.2 Å². The molecule has 0 amide bonds. The average molecular weight is 320 g/mol. The van der Waals surface area contributed by atoms with Crippen LogP contribution in [-0.2, 0) is 9.84 Å². The molecular weight excluding hydrogens is 309 g/mol. The lowest BCUT2D eigenvalue weighted by Gasteiger charge is -2.05. The van der Waals surface area contributed by atoms with Gasteiger partial charge in [-0.25, -0.2) is 13.1 Å². The maximum Gasteiger partial charge on any atom is 0.502 e. The number of aromatic amines is 1. The highest BCUT2D eigenvalue weighted by Gasteiger charge is 2.50. The number of H-pyrrole nitrogens is 1. The van der Waals surface area contributed by atoms with Crippen molar-refractivity contribution in [3.8, 4) is 5.69 Å². The number of halogens is 3. The fraction of sp³-hybridized carbons (Fsp3) is 0.250. The number of aromatic nitrogens is 2. The van der Waals surface area contributed by atoms with Gasteiger partial charge in [-0.3, -0.25) is 9.89 Å². The van der Waals surface area contributed by atoms with Gasteiger partial charge in [0.2, 0.25) is 0 Å². The van der Waals surface area contributed by atoms with Crippen LogP contribution in [0.5, 0.6) is 0 Å². The van der Waals surface area contributed by atoms with Crippen LogP contribution >= 0.6 is 0 Å². The molecule has 0 unspecified atom stereocenters. The Labute approximate surface area is 117 Å². The smallest absolute Gasteiger partial charge is 0.294 e. The van der Waals surface area contributed by atoms with Gasteiger partial charge in [-0.1, -0.05) is 17.7 Å². The second-order valence-corrected chi connectivity index (χ2v) is 6.37. The third kappa shape index (κ3) is 2.48. The lowest BCUT2D eigenvalue weighted by Crippen LogP contribution is -2.29. The van der Waals surface area contributed by atoms with Gasteiger partial charge in [0.1, 0.15) is 0 Å². The largest absolute Gasteiger partial charge is 0.502 e. The van der Waals surface area contributed by atoms with Gasteiger partial charge in [0.25, 0.3) is 15.4 Å². The van der Waals surface area contributed by atoms with Gasteiger partial charge >= 0.3 is 5.51 Å². The number of sulfone groups is 1. The molecule has 21 heavy (non-hydrogen) atoms. The van der Waals surface area contributed by atoms with Gasteiger partial charge in [0.15, 0.2) is 4.90 Å². The van der Waals surface area contributed by atoms with Gasteiger partial charge < -0.3 is 0 Å². The summed E-state index contributed by atoms with van der Waals surface area (Å²) in [7, 11) is -5.70. The van der Waals surface area contributed by atoms with Crippen molar-refractivity contribution in [2.45, 2.75) is 24.3 Å². The zero-order valence-electron chi connectivity index (χ0n) is 11.0. The number of rotatable bonds is 2. The molecule has 5 nitrogen and oxygen atoms in total. The molecule has 0 saturated heterocycles. The summed E-state index contributed by atoms with van der Waals surface area (Å²) in [5.74, 6) is 0. The minimum atomic E-state index is -5.70.